The topological polar surface area (TPSA) is 41.1 Å². The van der Waals surface area contributed by atoms with Gasteiger partial charge >= 0.3 is 0 Å². The van der Waals surface area contributed by atoms with Gasteiger partial charge in [0.1, 0.15) is 0 Å². The van der Waals surface area contributed by atoms with E-state index in [1.165, 1.54) is 16.0 Å². The number of hydrogen-bond acceptors (Lipinski definition) is 3. The number of carbonyl (C=O) groups excluding carboxylic acids is 1. The molecule has 2 aromatic rings. The molecule has 0 aliphatic heterocycles. The van der Waals surface area contributed by atoms with Crippen molar-refractivity contribution in [1.82, 2.24) is 10.6 Å². The molecule has 2 rings (SSSR count). The van der Waals surface area contributed by atoms with E-state index in [0.29, 0.717) is 5.92 Å². The number of carbonyl (C=O) groups is 1. The molecular formula is C18H24N2OS. The molecule has 0 saturated heterocycles. The van der Waals surface area contributed by atoms with Crippen LogP contribution in [0.2, 0.25) is 0 Å². The Kier molecular flexibility index (Phi) is 5.75. The van der Waals surface area contributed by atoms with Gasteiger partial charge in [-0.1, -0.05) is 44.2 Å². The van der Waals surface area contributed by atoms with Crippen LogP contribution in [0.3, 0.4) is 0 Å². The van der Waals surface area contributed by atoms with E-state index in [1.807, 2.05) is 13.0 Å². The molecule has 118 valence electrons. The summed E-state index contributed by atoms with van der Waals surface area (Å²) in [6.45, 7) is 6.28. The van der Waals surface area contributed by atoms with Crippen LogP contribution in [0.4, 0.5) is 0 Å². The average Bonchev–Trinajstić information content (AvgIpc) is 3.05. The van der Waals surface area contributed by atoms with E-state index in [9.17, 15) is 4.79 Å². The fourth-order valence-electron chi connectivity index (χ4n) is 2.41. The summed E-state index contributed by atoms with van der Waals surface area (Å²) in [6.07, 6.45) is 0. The zero-order chi connectivity index (χ0) is 16.1. The molecule has 1 aromatic carbocycles. The van der Waals surface area contributed by atoms with Crippen molar-refractivity contribution in [3.8, 4) is 0 Å². The second kappa shape index (κ2) is 7.56. The van der Waals surface area contributed by atoms with Crippen molar-refractivity contribution in [2.75, 3.05) is 7.05 Å². The molecule has 0 unspecified atom stereocenters. The molecule has 0 aliphatic carbocycles. The van der Waals surface area contributed by atoms with Crippen LogP contribution in [0.1, 0.15) is 48.7 Å². The molecule has 4 heteroatoms. The Morgan fingerprint density at radius 1 is 1.05 bits per heavy atom. The van der Waals surface area contributed by atoms with Crippen molar-refractivity contribution in [1.29, 1.82) is 0 Å². The van der Waals surface area contributed by atoms with Gasteiger partial charge in [-0.2, -0.15) is 0 Å². The summed E-state index contributed by atoms with van der Waals surface area (Å²) in [4.78, 5) is 13.0. The third-order valence-electron chi connectivity index (χ3n) is 3.82. The monoisotopic (exact) mass is 316 g/mol. The molecule has 0 aliphatic rings. The summed E-state index contributed by atoms with van der Waals surface area (Å²) < 4.78 is 0. The number of hydrogen-bond donors (Lipinski definition) is 2. The van der Waals surface area contributed by atoms with Crippen molar-refractivity contribution in [2.24, 2.45) is 0 Å². The Balaban J connectivity index is 2.26. The maximum Gasteiger partial charge on any atom is 0.236 e. The highest BCUT2D eigenvalue weighted by Crippen LogP contribution is 2.27. The van der Waals surface area contributed by atoms with E-state index in [-0.39, 0.29) is 18.0 Å². The zero-order valence-corrected chi connectivity index (χ0v) is 14.4. The second-order valence-electron chi connectivity index (χ2n) is 5.77. The lowest BCUT2D eigenvalue weighted by atomic mass is 9.98. The fourth-order valence-corrected chi connectivity index (χ4v) is 3.23. The van der Waals surface area contributed by atoms with Crippen LogP contribution in [0, 0.1) is 0 Å². The van der Waals surface area contributed by atoms with Gasteiger partial charge in [0.25, 0.3) is 0 Å². The molecule has 1 amide bonds. The van der Waals surface area contributed by atoms with E-state index in [4.69, 9.17) is 0 Å². The van der Waals surface area contributed by atoms with E-state index >= 15 is 0 Å². The largest absolute Gasteiger partial charge is 0.358 e. The Bertz CT molecular complexity index is 590. The van der Waals surface area contributed by atoms with E-state index in [2.05, 4.69) is 60.2 Å². The van der Waals surface area contributed by atoms with E-state index in [1.54, 1.807) is 18.4 Å². The maximum atomic E-state index is 11.8. The molecule has 0 bridgehead atoms. The van der Waals surface area contributed by atoms with Gasteiger partial charge in [0, 0.05) is 11.9 Å². The molecule has 0 radical (unpaired) electrons. The van der Waals surface area contributed by atoms with Gasteiger partial charge in [0.15, 0.2) is 0 Å². The molecule has 0 spiro atoms. The highest BCUT2D eigenvalue weighted by atomic mass is 32.1. The second-order valence-corrected chi connectivity index (χ2v) is 6.75. The minimum absolute atomic E-state index is 0.000330. The first kappa shape index (κ1) is 16.7. The minimum Gasteiger partial charge on any atom is -0.358 e. The smallest absolute Gasteiger partial charge is 0.236 e. The van der Waals surface area contributed by atoms with Crippen LogP contribution in [0.15, 0.2) is 41.8 Å². The van der Waals surface area contributed by atoms with Crippen molar-refractivity contribution < 1.29 is 4.79 Å². The van der Waals surface area contributed by atoms with E-state index < -0.39 is 0 Å². The average molecular weight is 316 g/mol. The molecule has 0 fully saturated rings. The number of thiophene rings is 1. The first-order valence-electron chi connectivity index (χ1n) is 7.63. The lowest BCUT2D eigenvalue weighted by molar-refractivity contribution is -0.122. The fraction of sp³-hybridized carbons (Fsp3) is 0.389. The van der Waals surface area contributed by atoms with Gasteiger partial charge < -0.3 is 5.32 Å². The van der Waals surface area contributed by atoms with Crippen LogP contribution in [0.5, 0.6) is 0 Å². The summed E-state index contributed by atoms with van der Waals surface area (Å²) in [5.41, 5.74) is 2.51. The minimum atomic E-state index is -0.248. The highest BCUT2D eigenvalue weighted by molar-refractivity contribution is 7.10. The van der Waals surface area contributed by atoms with Crippen LogP contribution in [-0.4, -0.2) is 19.0 Å². The predicted octanol–water partition coefficient (Wildman–Crippen LogP) is 3.69. The first-order chi connectivity index (χ1) is 10.5. The highest BCUT2D eigenvalue weighted by Gasteiger charge is 2.20. The normalized spacial score (nSPS) is 13.9. The number of amides is 1. The summed E-state index contributed by atoms with van der Waals surface area (Å²) in [5, 5.41) is 8.19. The first-order valence-corrected chi connectivity index (χ1v) is 8.51. The Morgan fingerprint density at radius 3 is 2.18 bits per heavy atom. The molecule has 1 aromatic heterocycles. The molecule has 3 nitrogen and oxygen atoms in total. The van der Waals surface area contributed by atoms with Crippen LogP contribution < -0.4 is 10.6 Å². The van der Waals surface area contributed by atoms with Gasteiger partial charge in [-0.15, -0.1) is 11.3 Å². The predicted molar refractivity (Wildman–Crippen MR) is 93.4 cm³/mol. The van der Waals surface area contributed by atoms with Gasteiger partial charge in [-0.25, -0.2) is 0 Å². The quantitative estimate of drug-likeness (QED) is 0.853. The van der Waals surface area contributed by atoms with E-state index in [0.717, 1.165) is 0 Å². The number of benzene rings is 1. The summed E-state index contributed by atoms with van der Waals surface area (Å²) in [7, 11) is 1.66. The SMILES string of the molecule is CNC(=O)[C@H](C)N[C@@H](c1ccc(C(C)C)cc1)c1cccs1. The van der Waals surface area contributed by atoms with Crippen molar-refractivity contribution in [3.63, 3.8) is 0 Å². The standard InChI is InChI=1S/C18H24N2OS/c1-12(2)14-7-9-15(10-8-14)17(16-6-5-11-22-16)20-13(3)18(21)19-4/h5-13,17,20H,1-4H3,(H,19,21)/t13-,17-/m0/s1. The summed E-state index contributed by atoms with van der Waals surface area (Å²) >= 11 is 1.70. The van der Waals surface area contributed by atoms with Crippen LogP contribution >= 0.6 is 11.3 Å². The molecule has 22 heavy (non-hydrogen) atoms. The van der Waals surface area contributed by atoms with Gasteiger partial charge in [-0.05, 0) is 35.4 Å². The third-order valence-corrected chi connectivity index (χ3v) is 4.76. The van der Waals surface area contributed by atoms with Crippen LogP contribution in [0.25, 0.3) is 0 Å². The maximum absolute atomic E-state index is 11.8. The zero-order valence-electron chi connectivity index (χ0n) is 13.6. The van der Waals surface area contributed by atoms with Gasteiger partial charge in [0.2, 0.25) is 5.91 Å². The molecule has 2 atom stereocenters. The Morgan fingerprint density at radius 2 is 1.68 bits per heavy atom. The van der Waals surface area contributed by atoms with Gasteiger partial charge in [0.05, 0.1) is 12.1 Å². The molecule has 2 N–H and O–H groups in total. The van der Waals surface area contributed by atoms with Crippen molar-refractivity contribution in [2.45, 2.75) is 38.8 Å². The molecule has 1 heterocycles. The third kappa shape index (κ3) is 3.96. The number of likely N-dealkylation sites (N-methyl/N-ethyl adjacent to an activating group) is 1. The summed E-state index contributed by atoms with van der Waals surface area (Å²) in [6, 6.07) is 12.6. The molecule has 0 saturated carbocycles. The molecular weight excluding hydrogens is 292 g/mol. The van der Waals surface area contributed by atoms with Crippen LogP contribution in [-0.2, 0) is 4.79 Å². The lowest BCUT2D eigenvalue weighted by Gasteiger charge is -2.22. The van der Waals surface area contributed by atoms with Crippen molar-refractivity contribution >= 4 is 17.2 Å². The Labute approximate surface area is 136 Å². The van der Waals surface area contributed by atoms with Crippen molar-refractivity contribution in [3.05, 3.63) is 57.8 Å². The van der Waals surface area contributed by atoms with Gasteiger partial charge in [-0.3, -0.25) is 10.1 Å². The number of nitrogens with one attached hydrogen (secondary N) is 2. The Hall–Kier alpha value is -1.65. The number of rotatable bonds is 6. The lowest BCUT2D eigenvalue weighted by Crippen LogP contribution is -2.42. The summed E-state index contributed by atoms with van der Waals surface area (Å²) in [5.74, 6) is 0.521.